The van der Waals surface area contributed by atoms with Gasteiger partial charge in [-0.25, -0.2) is 0 Å². The Morgan fingerprint density at radius 2 is 2.05 bits per heavy atom. The number of hydrogen-bond donors (Lipinski definition) is 1. The van der Waals surface area contributed by atoms with Crippen molar-refractivity contribution in [2.75, 3.05) is 39.5 Å². The van der Waals surface area contributed by atoms with E-state index in [1.54, 1.807) is 0 Å². The van der Waals surface area contributed by atoms with E-state index in [1.807, 2.05) is 18.2 Å². The number of morpholine rings is 1. The second-order valence-electron chi connectivity index (χ2n) is 4.86. The van der Waals surface area contributed by atoms with E-state index in [2.05, 4.69) is 17.9 Å². The lowest BCUT2D eigenvalue weighted by Crippen LogP contribution is -2.38. The van der Waals surface area contributed by atoms with Gasteiger partial charge in [0.2, 0.25) is 0 Å². The molecular formula is C15H24N2O2. The maximum Gasteiger partial charge on any atom is 0.124 e. The normalized spacial score (nSPS) is 18.2. The summed E-state index contributed by atoms with van der Waals surface area (Å²) in [6, 6.07) is 8.12. The molecule has 2 rings (SSSR count). The molecule has 0 aliphatic carbocycles. The molecule has 106 valence electrons. The molecule has 0 bridgehead atoms. The van der Waals surface area contributed by atoms with Gasteiger partial charge in [0.1, 0.15) is 12.4 Å². The van der Waals surface area contributed by atoms with Crippen molar-refractivity contribution in [2.24, 2.45) is 5.73 Å². The van der Waals surface area contributed by atoms with Gasteiger partial charge >= 0.3 is 0 Å². The van der Waals surface area contributed by atoms with Gasteiger partial charge < -0.3 is 15.2 Å². The Hall–Kier alpha value is -1.10. The Kier molecular flexibility index (Phi) is 5.63. The molecule has 0 spiro atoms. The molecule has 1 aromatic rings. The zero-order valence-electron chi connectivity index (χ0n) is 11.7. The molecule has 1 heterocycles. The number of para-hydroxylation sites is 1. The summed E-state index contributed by atoms with van der Waals surface area (Å²) in [6.07, 6.45) is 0.920. The van der Waals surface area contributed by atoms with Crippen molar-refractivity contribution in [2.45, 2.75) is 19.4 Å². The quantitative estimate of drug-likeness (QED) is 0.851. The number of rotatable bonds is 6. The van der Waals surface area contributed by atoms with Crippen LogP contribution in [0.4, 0.5) is 0 Å². The van der Waals surface area contributed by atoms with Crippen LogP contribution in [0, 0.1) is 0 Å². The van der Waals surface area contributed by atoms with Gasteiger partial charge in [0.15, 0.2) is 0 Å². The Morgan fingerprint density at radius 3 is 2.79 bits per heavy atom. The first-order valence-electron chi connectivity index (χ1n) is 7.08. The second-order valence-corrected chi connectivity index (χ2v) is 4.86. The minimum Gasteiger partial charge on any atom is -0.492 e. The van der Waals surface area contributed by atoms with Crippen LogP contribution in [0.15, 0.2) is 24.3 Å². The van der Waals surface area contributed by atoms with Crippen molar-refractivity contribution < 1.29 is 9.47 Å². The third-order valence-corrected chi connectivity index (χ3v) is 3.53. The Labute approximate surface area is 115 Å². The summed E-state index contributed by atoms with van der Waals surface area (Å²) in [6.45, 7) is 7.40. The molecule has 4 heteroatoms. The third-order valence-electron chi connectivity index (χ3n) is 3.53. The van der Waals surface area contributed by atoms with Crippen molar-refractivity contribution in [3.05, 3.63) is 29.8 Å². The van der Waals surface area contributed by atoms with Crippen LogP contribution in [-0.2, 0) is 4.74 Å². The van der Waals surface area contributed by atoms with E-state index in [1.165, 1.54) is 0 Å². The molecule has 0 aromatic heterocycles. The lowest BCUT2D eigenvalue weighted by molar-refractivity contribution is 0.0322. The van der Waals surface area contributed by atoms with E-state index < -0.39 is 0 Å². The van der Waals surface area contributed by atoms with Crippen molar-refractivity contribution in [3.8, 4) is 5.75 Å². The Bertz CT molecular complexity index is 378. The minimum absolute atomic E-state index is 0.0552. The van der Waals surface area contributed by atoms with E-state index in [-0.39, 0.29) is 6.04 Å². The predicted octanol–water partition coefficient (Wildman–Crippen LogP) is 1.81. The van der Waals surface area contributed by atoms with Crippen LogP contribution in [0.2, 0.25) is 0 Å². The van der Waals surface area contributed by atoms with Crippen LogP contribution < -0.4 is 10.5 Å². The summed E-state index contributed by atoms with van der Waals surface area (Å²) in [4.78, 5) is 2.37. The maximum absolute atomic E-state index is 6.10. The van der Waals surface area contributed by atoms with Gasteiger partial charge in [-0.1, -0.05) is 25.1 Å². The first kappa shape index (κ1) is 14.3. The molecule has 1 atom stereocenters. The van der Waals surface area contributed by atoms with E-state index in [4.69, 9.17) is 15.2 Å². The highest BCUT2D eigenvalue weighted by molar-refractivity contribution is 5.35. The van der Waals surface area contributed by atoms with Gasteiger partial charge in [-0.15, -0.1) is 0 Å². The fourth-order valence-corrected chi connectivity index (χ4v) is 2.25. The standard InChI is InChI=1S/C15H24N2O2/c1-2-14(16)13-5-3-4-6-15(13)19-12-9-17-7-10-18-11-8-17/h3-6,14H,2,7-12,16H2,1H3/t14-/m0/s1. The topological polar surface area (TPSA) is 47.7 Å². The largest absolute Gasteiger partial charge is 0.492 e. The summed E-state index contributed by atoms with van der Waals surface area (Å²) in [5, 5.41) is 0. The molecule has 2 N–H and O–H groups in total. The molecule has 19 heavy (non-hydrogen) atoms. The zero-order chi connectivity index (χ0) is 13.5. The SMILES string of the molecule is CC[C@H](N)c1ccccc1OCCN1CCOCC1. The summed E-state index contributed by atoms with van der Waals surface area (Å²) >= 11 is 0. The molecule has 1 aliphatic rings. The summed E-state index contributed by atoms with van der Waals surface area (Å²) in [5.41, 5.74) is 7.21. The van der Waals surface area contributed by atoms with Gasteiger partial charge in [-0.05, 0) is 12.5 Å². The molecule has 0 unspecified atom stereocenters. The van der Waals surface area contributed by atoms with E-state index in [0.717, 1.165) is 50.6 Å². The van der Waals surface area contributed by atoms with Gasteiger partial charge in [0.05, 0.1) is 13.2 Å². The highest BCUT2D eigenvalue weighted by Crippen LogP contribution is 2.25. The summed E-state index contributed by atoms with van der Waals surface area (Å²) < 4.78 is 11.2. The molecule has 1 fully saturated rings. The minimum atomic E-state index is 0.0552. The number of hydrogen-bond acceptors (Lipinski definition) is 4. The summed E-state index contributed by atoms with van der Waals surface area (Å²) in [7, 11) is 0. The van der Waals surface area contributed by atoms with Crippen LogP contribution in [0.25, 0.3) is 0 Å². The molecule has 4 nitrogen and oxygen atoms in total. The van der Waals surface area contributed by atoms with Crippen molar-refractivity contribution in [1.82, 2.24) is 4.90 Å². The highest BCUT2D eigenvalue weighted by Gasteiger charge is 2.12. The van der Waals surface area contributed by atoms with Crippen molar-refractivity contribution in [1.29, 1.82) is 0 Å². The smallest absolute Gasteiger partial charge is 0.124 e. The van der Waals surface area contributed by atoms with E-state index >= 15 is 0 Å². The molecular weight excluding hydrogens is 240 g/mol. The average molecular weight is 264 g/mol. The van der Waals surface area contributed by atoms with Crippen LogP contribution in [0.1, 0.15) is 24.9 Å². The first-order chi connectivity index (χ1) is 9.31. The van der Waals surface area contributed by atoms with Crippen LogP contribution in [0.5, 0.6) is 5.75 Å². The molecule has 0 radical (unpaired) electrons. The molecule has 0 amide bonds. The highest BCUT2D eigenvalue weighted by atomic mass is 16.5. The average Bonchev–Trinajstić information content (AvgIpc) is 2.48. The lowest BCUT2D eigenvalue weighted by Gasteiger charge is -2.26. The Morgan fingerprint density at radius 1 is 1.32 bits per heavy atom. The third kappa shape index (κ3) is 4.20. The predicted molar refractivity (Wildman–Crippen MR) is 76.4 cm³/mol. The van der Waals surface area contributed by atoms with E-state index in [9.17, 15) is 0 Å². The maximum atomic E-state index is 6.10. The van der Waals surface area contributed by atoms with Gasteiger partial charge in [-0.3, -0.25) is 4.90 Å². The fourth-order valence-electron chi connectivity index (χ4n) is 2.25. The van der Waals surface area contributed by atoms with Crippen LogP contribution >= 0.6 is 0 Å². The van der Waals surface area contributed by atoms with Gasteiger partial charge in [0, 0.05) is 31.2 Å². The molecule has 1 saturated heterocycles. The molecule has 0 saturated carbocycles. The molecule has 1 aromatic carbocycles. The Balaban J connectivity index is 1.84. The second kappa shape index (κ2) is 7.48. The monoisotopic (exact) mass is 264 g/mol. The fraction of sp³-hybridized carbons (Fsp3) is 0.600. The van der Waals surface area contributed by atoms with Crippen molar-refractivity contribution >= 4 is 0 Å². The lowest BCUT2D eigenvalue weighted by atomic mass is 10.0. The van der Waals surface area contributed by atoms with Gasteiger partial charge in [-0.2, -0.15) is 0 Å². The van der Waals surface area contributed by atoms with Gasteiger partial charge in [0.25, 0.3) is 0 Å². The first-order valence-corrected chi connectivity index (χ1v) is 7.08. The van der Waals surface area contributed by atoms with Crippen LogP contribution in [0.3, 0.4) is 0 Å². The number of nitrogens with zero attached hydrogens (tertiary/aromatic N) is 1. The summed E-state index contributed by atoms with van der Waals surface area (Å²) in [5.74, 6) is 0.921. The van der Waals surface area contributed by atoms with E-state index in [0.29, 0.717) is 6.61 Å². The molecule has 1 aliphatic heterocycles. The zero-order valence-corrected chi connectivity index (χ0v) is 11.7. The number of ether oxygens (including phenoxy) is 2. The number of nitrogens with two attached hydrogens (primary N) is 1. The van der Waals surface area contributed by atoms with Crippen molar-refractivity contribution in [3.63, 3.8) is 0 Å². The van der Waals surface area contributed by atoms with Crippen LogP contribution in [-0.4, -0.2) is 44.4 Å². The number of benzene rings is 1.